The molecule has 0 aliphatic heterocycles. The maximum absolute atomic E-state index is 12.9. The molecule has 0 unspecified atom stereocenters. The maximum Gasteiger partial charge on any atom is 0.416 e. The molecule has 2 rings (SSSR count). The zero-order valence-corrected chi connectivity index (χ0v) is 14.6. The van der Waals surface area contributed by atoms with Crippen molar-refractivity contribution >= 4 is 35.0 Å². The quantitative estimate of drug-likeness (QED) is 0.793. The van der Waals surface area contributed by atoms with Gasteiger partial charge in [0.1, 0.15) is 0 Å². The highest BCUT2D eigenvalue weighted by molar-refractivity contribution is 7.99. The molecule has 26 heavy (non-hydrogen) atoms. The molecule has 1 aromatic heterocycles. The number of rotatable bonds is 6. The molecular weight excluding hydrogens is 367 g/mol. The van der Waals surface area contributed by atoms with Crippen molar-refractivity contribution in [1.29, 1.82) is 0 Å². The highest BCUT2D eigenvalue weighted by Crippen LogP contribution is 2.34. The lowest BCUT2D eigenvalue weighted by atomic mass is 10.1. The van der Waals surface area contributed by atoms with Gasteiger partial charge in [-0.3, -0.25) is 14.6 Å². The maximum atomic E-state index is 12.9. The topological polar surface area (TPSA) is 71.1 Å². The van der Waals surface area contributed by atoms with E-state index in [1.807, 2.05) is 6.07 Å². The Morgan fingerprint density at radius 1 is 1.15 bits per heavy atom. The van der Waals surface area contributed by atoms with Gasteiger partial charge in [0.25, 0.3) is 0 Å². The van der Waals surface area contributed by atoms with Gasteiger partial charge >= 0.3 is 6.18 Å². The predicted molar refractivity (Wildman–Crippen MR) is 94.8 cm³/mol. The molecular formula is C17H16F3N3O2S. The van der Waals surface area contributed by atoms with Crippen LogP contribution in [0.25, 0.3) is 0 Å². The number of nitrogens with one attached hydrogen (secondary N) is 2. The lowest BCUT2D eigenvalue weighted by Crippen LogP contribution is -2.18. The van der Waals surface area contributed by atoms with Crippen LogP contribution in [-0.2, 0) is 21.5 Å². The van der Waals surface area contributed by atoms with Crippen molar-refractivity contribution in [1.82, 2.24) is 4.98 Å². The molecule has 2 aromatic rings. The number of aromatic nitrogens is 1. The van der Waals surface area contributed by atoms with Crippen molar-refractivity contribution in [2.45, 2.75) is 18.9 Å². The summed E-state index contributed by atoms with van der Waals surface area (Å²) < 4.78 is 38.6. The third-order valence-corrected chi connectivity index (χ3v) is 4.16. The van der Waals surface area contributed by atoms with Crippen LogP contribution in [0.3, 0.4) is 0 Å². The lowest BCUT2D eigenvalue weighted by Gasteiger charge is -2.14. The average Bonchev–Trinajstić information content (AvgIpc) is 2.56. The van der Waals surface area contributed by atoms with Crippen LogP contribution in [0.2, 0.25) is 0 Å². The molecule has 0 aliphatic rings. The molecule has 0 fully saturated rings. The van der Waals surface area contributed by atoms with Gasteiger partial charge in [0.15, 0.2) is 0 Å². The van der Waals surface area contributed by atoms with Crippen molar-refractivity contribution in [2.24, 2.45) is 0 Å². The Hall–Kier alpha value is -2.55. The van der Waals surface area contributed by atoms with E-state index in [-0.39, 0.29) is 17.1 Å². The lowest BCUT2D eigenvalue weighted by molar-refractivity contribution is -0.137. The second-order valence-electron chi connectivity index (χ2n) is 5.34. The molecule has 5 nitrogen and oxygen atoms in total. The smallest absolute Gasteiger partial charge is 0.325 e. The van der Waals surface area contributed by atoms with Gasteiger partial charge in [0.2, 0.25) is 11.8 Å². The van der Waals surface area contributed by atoms with Crippen molar-refractivity contribution in [2.75, 3.05) is 16.4 Å². The second-order valence-corrected chi connectivity index (χ2v) is 6.33. The van der Waals surface area contributed by atoms with E-state index in [4.69, 9.17) is 0 Å². The number of hydrogen-bond donors (Lipinski definition) is 2. The van der Waals surface area contributed by atoms with Gasteiger partial charge in [-0.2, -0.15) is 13.2 Å². The van der Waals surface area contributed by atoms with Crippen LogP contribution in [-0.4, -0.2) is 22.6 Å². The largest absolute Gasteiger partial charge is 0.416 e. The summed E-state index contributed by atoms with van der Waals surface area (Å²) in [6, 6.07) is 6.40. The van der Waals surface area contributed by atoms with E-state index in [1.54, 1.807) is 18.5 Å². The fraction of sp³-hybridized carbons (Fsp3) is 0.235. The standard InChI is InChI=1S/C17H16F3N3O2S/c1-11(24)22-14-5-4-13(17(18,19)20)7-15(14)23-16(25)10-26-9-12-3-2-6-21-8-12/h2-8H,9-10H2,1H3,(H,22,24)(H,23,25). The van der Waals surface area contributed by atoms with Crippen LogP contribution < -0.4 is 10.6 Å². The van der Waals surface area contributed by atoms with Crippen LogP contribution >= 0.6 is 11.8 Å². The van der Waals surface area contributed by atoms with E-state index in [0.29, 0.717) is 5.75 Å². The monoisotopic (exact) mass is 383 g/mol. The number of alkyl halides is 3. The first kappa shape index (κ1) is 19.8. The summed E-state index contributed by atoms with van der Waals surface area (Å²) in [4.78, 5) is 27.2. The molecule has 2 amide bonds. The van der Waals surface area contributed by atoms with Crippen LogP contribution in [0.4, 0.5) is 24.5 Å². The molecule has 0 radical (unpaired) electrons. The molecule has 0 spiro atoms. The minimum Gasteiger partial charge on any atom is -0.325 e. The number of pyridine rings is 1. The fourth-order valence-electron chi connectivity index (χ4n) is 2.05. The second kappa shape index (κ2) is 8.70. The first-order valence-corrected chi connectivity index (χ1v) is 8.66. The Bertz CT molecular complexity index is 783. The van der Waals surface area contributed by atoms with Crippen LogP contribution in [0.15, 0.2) is 42.7 Å². The normalized spacial score (nSPS) is 11.1. The van der Waals surface area contributed by atoms with Gasteiger partial charge < -0.3 is 10.6 Å². The summed E-state index contributed by atoms with van der Waals surface area (Å²) in [5.41, 5.74) is 0.0336. The van der Waals surface area contributed by atoms with E-state index in [1.165, 1.54) is 18.7 Å². The van der Waals surface area contributed by atoms with Gasteiger partial charge in [-0.15, -0.1) is 11.8 Å². The highest BCUT2D eigenvalue weighted by Gasteiger charge is 2.31. The Morgan fingerprint density at radius 2 is 1.92 bits per heavy atom. The summed E-state index contributed by atoms with van der Waals surface area (Å²) in [5.74, 6) is -0.330. The molecule has 0 aliphatic carbocycles. The van der Waals surface area contributed by atoms with Crippen LogP contribution in [0.5, 0.6) is 0 Å². The minimum absolute atomic E-state index is 0.0463. The fourth-order valence-corrected chi connectivity index (χ4v) is 2.82. The zero-order chi connectivity index (χ0) is 19.2. The Morgan fingerprint density at radius 3 is 2.54 bits per heavy atom. The number of anilines is 2. The molecule has 2 N–H and O–H groups in total. The number of halogens is 3. The summed E-state index contributed by atoms with van der Waals surface area (Å²) in [6.07, 6.45) is -1.24. The van der Waals surface area contributed by atoms with E-state index in [0.717, 1.165) is 23.8 Å². The predicted octanol–water partition coefficient (Wildman–Crippen LogP) is 3.93. The average molecular weight is 383 g/mol. The molecule has 0 bridgehead atoms. The SMILES string of the molecule is CC(=O)Nc1ccc(C(F)(F)F)cc1NC(=O)CSCc1cccnc1. The summed E-state index contributed by atoms with van der Waals surface area (Å²) in [6.45, 7) is 1.23. The number of hydrogen-bond acceptors (Lipinski definition) is 4. The molecule has 1 aromatic carbocycles. The summed E-state index contributed by atoms with van der Waals surface area (Å²) in [7, 11) is 0. The number of carbonyl (C=O) groups is 2. The first-order chi connectivity index (χ1) is 12.3. The Labute approximate surface area is 152 Å². The van der Waals surface area contributed by atoms with E-state index >= 15 is 0 Å². The Balaban J connectivity index is 2.05. The number of amides is 2. The minimum atomic E-state index is -4.55. The highest BCUT2D eigenvalue weighted by atomic mass is 32.2. The number of nitrogens with zero attached hydrogens (tertiary/aromatic N) is 1. The van der Waals surface area contributed by atoms with E-state index < -0.39 is 23.6 Å². The third kappa shape index (κ3) is 6.07. The third-order valence-electron chi connectivity index (χ3n) is 3.16. The Kier molecular flexibility index (Phi) is 6.62. The number of carbonyl (C=O) groups excluding carboxylic acids is 2. The first-order valence-electron chi connectivity index (χ1n) is 7.51. The van der Waals surface area contributed by atoms with E-state index in [2.05, 4.69) is 15.6 Å². The van der Waals surface area contributed by atoms with Crippen LogP contribution in [0, 0.1) is 0 Å². The molecule has 0 saturated carbocycles. The van der Waals surface area contributed by atoms with Gasteiger partial charge in [-0.25, -0.2) is 0 Å². The molecule has 0 atom stereocenters. The molecule has 9 heteroatoms. The van der Waals surface area contributed by atoms with Crippen molar-refractivity contribution < 1.29 is 22.8 Å². The van der Waals surface area contributed by atoms with E-state index in [9.17, 15) is 22.8 Å². The number of benzene rings is 1. The van der Waals surface area contributed by atoms with Crippen molar-refractivity contribution in [3.63, 3.8) is 0 Å². The zero-order valence-electron chi connectivity index (χ0n) is 13.8. The molecule has 0 saturated heterocycles. The van der Waals surface area contributed by atoms with Gasteiger partial charge in [0, 0.05) is 25.1 Å². The van der Waals surface area contributed by atoms with Crippen LogP contribution in [0.1, 0.15) is 18.1 Å². The van der Waals surface area contributed by atoms with Crippen molar-refractivity contribution in [3.05, 3.63) is 53.9 Å². The summed E-state index contributed by atoms with van der Waals surface area (Å²) in [5, 5.41) is 4.83. The van der Waals surface area contributed by atoms with Crippen molar-refractivity contribution in [3.8, 4) is 0 Å². The molecule has 138 valence electrons. The van der Waals surface area contributed by atoms with Gasteiger partial charge in [-0.05, 0) is 29.8 Å². The summed E-state index contributed by atoms with van der Waals surface area (Å²) >= 11 is 1.30. The molecule has 1 heterocycles. The van der Waals surface area contributed by atoms with Gasteiger partial charge in [-0.1, -0.05) is 6.07 Å². The van der Waals surface area contributed by atoms with Gasteiger partial charge in [0.05, 0.1) is 22.7 Å². The number of thioether (sulfide) groups is 1.